The lowest BCUT2D eigenvalue weighted by molar-refractivity contribution is -0.0504. The van der Waals surface area contributed by atoms with Crippen LogP contribution in [0.25, 0.3) is 11.2 Å². The van der Waals surface area contributed by atoms with Gasteiger partial charge in [-0.05, 0) is 0 Å². The molecule has 2 aromatic rings. The number of imidazole rings is 1. The van der Waals surface area contributed by atoms with E-state index in [0.717, 1.165) is 10.9 Å². The first-order chi connectivity index (χ1) is 11.2. The Labute approximate surface area is 131 Å². The molecule has 6 N–H and O–H groups in total. The van der Waals surface area contributed by atoms with Gasteiger partial charge in [-0.3, -0.25) is 23.9 Å². The van der Waals surface area contributed by atoms with E-state index in [0.29, 0.717) is 0 Å². The summed E-state index contributed by atoms with van der Waals surface area (Å²) in [6.45, 7) is -0.678. The molecule has 13 nitrogen and oxygen atoms in total. The van der Waals surface area contributed by atoms with Crippen LogP contribution in [-0.2, 0) is 13.8 Å². The quantitative estimate of drug-likeness (QED) is 0.307. The summed E-state index contributed by atoms with van der Waals surface area (Å²) in [5.41, 5.74) is -1.71. The molecule has 3 heterocycles. The predicted molar refractivity (Wildman–Crippen MR) is 74.9 cm³/mol. The molecule has 4 atom stereocenters. The largest absolute Gasteiger partial charge is 0.469 e. The van der Waals surface area contributed by atoms with E-state index < -0.39 is 50.2 Å². The molecule has 1 saturated heterocycles. The van der Waals surface area contributed by atoms with Crippen LogP contribution >= 0.6 is 7.82 Å². The number of aromatic amines is 2. The Morgan fingerprint density at radius 2 is 2.00 bits per heavy atom. The number of aliphatic hydroxyl groups is 2. The smallest absolute Gasteiger partial charge is 0.387 e. The van der Waals surface area contributed by atoms with E-state index in [9.17, 15) is 24.4 Å². The molecule has 1 aliphatic heterocycles. The minimum atomic E-state index is -4.78. The molecule has 1 aliphatic rings. The third kappa shape index (κ3) is 3.06. The van der Waals surface area contributed by atoms with Crippen LogP contribution in [0.4, 0.5) is 0 Å². The minimum absolute atomic E-state index is 0.0449. The third-order valence-corrected chi connectivity index (χ3v) is 3.97. The summed E-state index contributed by atoms with van der Waals surface area (Å²) < 4.78 is 21.4. The highest BCUT2D eigenvalue weighted by molar-refractivity contribution is 7.46. The van der Waals surface area contributed by atoms with Gasteiger partial charge >= 0.3 is 13.5 Å². The number of nitrogens with one attached hydrogen (secondary N) is 2. The van der Waals surface area contributed by atoms with Crippen molar-refractivity contribution in [2.24, 2.45) is 0 Å². The molecular formula is C10H13N4O9P. The van der Waals surface area contributed by atoms with Crippen molar-refractivity contribution in [2.45, 2.75) is 24.5 Å². The van der Waals surface area contributed by atoms with Crippen LogP contribution in [-0.4, -0.2) is 64.4 Å². The summed E-state index contributed by atoms with van der Waals surface area (Å²) in [6, 6.07) is 0. The number of hydrogen-bond donors (Lipinski definition) is 6. The molecule has 0 bridgehead atoms. The molecule has 2 aromatic heterocycles. The van der Waals surface area contributed by atoms with Crippen molar-refractivity contribution in [3.63, 3.8) is 0 Å². The fourth-order valence-electron chi connectivity index (χ4n) is 2.41. The molecule has 0 amide bonds. The summed E-state index contributed by atoms with van der Waals surface area (Å²) in [5, 5.41) is 20.0. The zero-order valence-corrected chi connectivity index (χ0v) is 12.7. The van der Waals surface area contributed by atoms with Gasteiger partial charge in [0.15, 0.2) is 11.7 Å². The van der Waals surface area contributed by atoms with Gasteiger partial charge in [-0.2, -0.15) is 0 Å². The van der Waals surface area contributed by atoms with Crippen molar-refractivity contribution in [1.29, 1.82) is 0 Å². The summed E-state index contributed by atoms with van der Waals surface area (Å²) in [4.78, 5) is 48.5. The van der Waals surface area contributed by atoms with Gasteiger partial charge in [0.1, 0.15) is 24.0 Å². The first-order valence-corrected chi connectivity index (χ1v) is 8.11. The second-order valence-corrected chi connectivity index (χ2v) is 6.33. The van der Waals surface area contributed by atoms with Crippen LogP contribution < -0.4 is 11.2 Å². The van der Waals surface area contributed by atoms with Gasteiger partial charge in [-0.15, -0.1) is 0 Å². The van der Waals surface area contributed by atoms with Crippen LogP contribution in [0.3, 0.4) is 0 Å². The second-order valence-electron chi connectivity index (χ2n) is 5.09. The van der Waals surface area contributed by atoms with E-state index in [4.69, 9.17) is 14.5 Å². The number of rotatable bonds is 4. The van der Waals surface area contributed by atoms with Gasteiger partial charge < -0.3 is 24.7 Å². The van der Waals surface area contributed by atoms with Crippen molar-refractivity contribution in [1.82, 2.24) is 19.5 Å². The first-order valence-electron chi connectivity index (χ1n) is 6.58. The lowest BCUT2D eigenvalue weighted by Gasteiger charge is -2.16. The maximum Gasteiger partial charge on any atom is 0.469 e. The topological polar surface area (TPSA) is 200 Å². The number of phosphoric acid groups is 1. The molecule has 24 heavy (non-hydrogen) atoms. The molecule has 1 fully saturated rings. The number of H-pyrrole nitrogens is 2. The molecule has 0 saturated carbocycles. The third-order valence-electron chi connectivity index (χ3n) is 3.49. The normalized spacial score (nSPS) is 27.8. The Kier molecular flexibility index (Phi) is 4.17. The van der Waals surface area contributed by atoms with Gasteiger partial charge in [-0.25, -0.2) is 14.3 Å². The number of nitrogens with zero attached hydrogens (tertiary/aromatic N) is 2. The second kappa shape index (κ2) is 5.89. The van der Waals surface area contributed by atoms with Crippen LogP contribution in [0.5, 0.6) is 0 Å². The molecular weight excluding hydrogens is 351 g/mol. The average Bonchev–Trinajstić information content (AvgIpc) is 3.00. The summed E-state index contributed by atoms with van der Waals surface area (Å²) >= 11 is 0. The van der Waals surface area contributed by atoms with Crippen LogP contribution in [0.2, 0.25) is 0 Å². The lowest BCUT2D eigenvalue weighted by Crippen LogP contribution is -2.33. The van der Waals surface area contributed by atoms with Gasteiger partial charge in [0.25, 0.3) is 5.56 Å². The molecule has 1 unspecified atom stereocenters. The van der Waals surface area contributed by atoms with E-state index in [1.165, 1.54) is 0 Å². The van der Waals surface area contributed by atoms with Crippen LogP contribution in [0.15, 0.2) is 15.9 Å². The van der Waals surface area contributed by atoms with Gasteiger partial charge in [-0.1, -0.05) is 0 Å². The highest BCUT2D eigenvalue weighted by Gasteiger charge is 2.45. The Morgan fingerprint density at radius 1 is 1.29 bits per heavy atom. The number of aromatic nitrogens is 4. The van der Waals surface area contributed by atoms with Crippen LogP contribution in [0, 0.1) is 0 Å². The molecule has 0 aliphatic carbocycles. The predicted octanol–water partition coefficient (Wildman–Crippen LogP) is -2.86. The van der Waals surface area contributed by atoms with E-state index in [1.54, 1.807) is 0 Å². The summed E-state index contributed by atoms with van der Waals surface area (Å²) in [5.74, 6) is 0. The maximum absolute atomic E-state index is 11.6. The number of fused-ring (bicyclic) bond motifs is 1. The summed E-state index contributed by atoms with van der Waals surface area (Å²) in [7, 11) is -4.78. The molecule has 3 rings (SSSR count). The lowest BCUT2D eigenvalue weighted by atomic mass is 10.1. The Morgan fingerprint density at radius 3 is 2.67 bits per heavy atom. The molecule has 0 aromatic carbocycles. The average molecular weight is 364 g/mol. The number of phosphoric ester groups is 1. The first kappa shape index (κ1) is 17.0. The zero-order valence-electron chi connectivity index (χ0n) is 11.8. The van der Waals surface area contributed by atoms with Gasteiger partial charge in [0, 0.05) is 0 Å². The van der Waals surface area contributed by atoms with E-state index in [1.807, 2.05) is 4.98 Å². The van der Waals surface area contributed by atoms with Crippen molar-refractivity contribution in [2.75, 3.05) is 6.61 Å². The SMILES string of the molecule is O=c1[nH]c(=O)c2ncn(C3O[C@H](COP(=O)(O)O)[C@@H](O)[C@H]3O)c2[nH]1. The molecule has 0 radical (unpaired) electrons. The minimum Gasteiger partial charge on any atom is -0.387 e. The standard InChI is InChI=1S/C10H13N4O9P/c15-5-3(1-22-24(19,20)21)23-9(6(5)16)14-2-11-4-7(14)12-10(18)13-8(4)17/h2-3,5-6,9,15-16H,1H2,(H2,19,20,21)(H2,12,13,17,18)/t3-,5-,6-,9?/m1/s1. The van der Waals surface area contributed by atoms with Crippen molar-refractivity contribution >= 4 is 19.0 Å². The maximum atomic E-state index is 11.6. The van der Waals surface area contributed by atoms with Crippen molar-refractivity contribution in [3.8, 4) is 0 Å². The highest BCUT2D eigenvalue weighted by atomic mass is 31.2. The zero-order chi connectivity index (χ0) is 17.6. The fourth-order valence-corrected chi connectivity index (χ4v) is 2.75. The number of aliphatic hydroxyl groups excluding tert-OH is 2. The van der Waals surface area contributed by atoms with E-state index >= 15 is 0 Å². The van der Waals surface area contributed by atoms with Crippen molar-refractivity contribution in [3.05, 3.63) is 27.2 Å². The monoisotopic (exact) mass is 364 g/mol. The molecule has 14 heteroatoms. The number of hydrogen-bond acceptors (Lipinski definition) is 8. The number of ether oxygens (including phenoxy) is 1. The van der Waals surface area contributed by atoms with Gasteiger partial charge in [0.05, 0.1) is 12.9 Å². The van der Waals surface area contributed by atoms with Crippen molar-refractivity contribution < 1.29 is 33.8 Å². The Bertz CT molecular complexity index is 913. The summed E-state index contributed by atoms with van der Waals surface area (Å²) in [6.07, 6.45) is -4.43. The van der Waals surface area contributed by atoms with E-state index in [2.05, 4.69) is 14.5 Å². The Hall–Kier alpha value is -1.86. The fraction of sp³-hybridized carbons (Fsp3) is 0.500. The molecule has 0 spiro atoms. The van der Waals surface area contributed by atoms with Gasteiger partial charge in [0.2, 0.25) is 0 Å². The molecule has 132 valence electrons. The Balaban J connectivity index is 1.92. The van der Waals surface area contributed by atoms with E-state index in [-0.39, 0.29) is 11.2 Å². The highest BCUT2D eigenvalue weighted by Crippen LogP contribution is 2.38. The van der Waals surface area contributed by atoms with Crippen LogP contribution in [0.1, 0.15) is 6.23 Å².